The predicted octanol–water partition coefficient (Wildman–Crippen LogP) is 2.65. The summed E-state index contributed by atoms with van der Waals surface area (Å²) >= 11 is 0. The lowest BCUT2D eigenvalue weighted by molar-refractivity contribution is -0.183. The number of aryl methyl sites for hydroxylation is 1. The molecule has 2 saturated heterocycles. The van der Waals surface area contributed by atoms with E-state index in [9.17, 15) is 4.79 Å². The Bertz CT molecular complexity index is 517. The molecule has 0 N–H and O–H groups in total. The highest BCUT2D eigenvalue weighted by molar-refractivity contribution is 5.76. The summed E-state index contributed by atoms with van der Waals surface area (Å²) in [5.41, 5.74) is 1.37. The zero-order valence-electron chi connectivity index (χ0n) is 15.1. The number of hydroxylamine groups is 2. The van der Waals surface area contributed by atoms with E-state index in [1.165, 1.54) is 5.56 Å². The Balaban J connectivity index is 1.35. The number of hydrogen-bond donors (Lipinski definition) is 0. The molecule has 0 radical (unpaired) electrons. The largest absolute Gasteiger partial charge is 0.375 e. The molecule has 1 aromatic rings. The summed E-state index contributed by atoms with van der Waals surface area (Å²) in [6.45, 7) is 4.54. The van der Waals surface area contributed by atoms with Crippen molar-refractivity contribution in [2.24, 2.45) is 0 Å². The van der Waals surface area contributed by atoms with Gasteiger partial charge in [0.1, 0.15) is 0 Å². The minimum atomic E-state index is 0.174. The first kappa shape index (κ1) is 18.4. The van der Waals surface area contributed by atoms with Crippen molar-refractivity contribution in [3.63, 3.8) is 0 Å². The zero-order chi connectivity index (χ0) is 17.3. The molecule has 2 aliphatic heterocycles. The third-order valence-corrected chi connectivity index (χ3v) is 4.98. The summed E-state index contributed by atoms with van der Waals surface area (Å²) < 4.78 is 5.86. The summed E-state index contributed by atoms with van der Waals surface area (Å²) in [5.74, 6) is 0.227. The minimum absolute atomic E-state index is 0.174. The lowest BCUT2D eigenvalue weighted by Gasteiger charge is -2.34. The molecule has 138 valence electrons. The molecule has 25 heavy (non-hydrogen) atoms. The minimum Gasteiger partial charge on any atom is -0.375 e. The van der Waals surface area contributed by atoms with Gasteiger partial charge in [-0.1, -0.05) is 30.3 Å². The van der Waals surface area contributed by atoms with Crippen LogP contribution >= 0.6 is 0 Å². The first-order chi connectivity index (χ1) is 12.3. The van der Waals surface area contributed by atoms with E-state index in [0.717, 1.165) is 58.3 Å². The number of carbonyl (C=O) groups excluding carboxylic acids is 1. The van der Waals surface area contributed by atoms with Gasteiger partial charge in [-0.25, -0.2) is 0 Å². The number of amides is 1. The number of benzene rings is 1. The third-order valence-electron chi connectivity index (χ3n) is 4.98. The van der Waals surface area contributed by atoms with E-state index >= 15 is 0 Å². The SMILES string of the molecule is O=C(CCN1CCCCO1)N1CCO[C@@H](CCCc2ccccc2)C1. The average molecular weight is 346 g/mol. The molecule has 5 nitrogen and oxygen atoms in total. The Morgan fingerprint density at radius 1 is 1.12 bits per heavy atom. The molecule has 1 atom stereocenters. The molecule has 5 heteroatoms. The van der Waals surface area contributed by atoms with Crippen LogP contribution in [0.1, 0.15) is 37.7 Å². The van der Waals surface area contributed by atoms with E-state index in [-0.39, 0.29) is 12.0 Å². The van der Waals surface area contributed by atoms with Gasteiger partial charge in [0.05, 0.1) is 19.3 Å². The highest BCUT2D eigenvalue weighted by Crippen LogP contribution is 2.15. The standard InChI is InChI=1S/C20H30N2O3/c23-20(11-13-22-12-4-5-15-25-22)21-14-16-24-19(17-21)10-6-9-18-7-2-1-3-8-18/h1-3,7-8,19H,4-6,9-17H2/t19-/m0/s1. The zero-order valence-corrected chi connectivity index (χ0v) is 15.1. The van der Waals surface area contributed by atoms with Gasteiger partial charge >= 0.3 is 0 Å². The second-order valence-corrected chi connectivity index (χ2v) is 6.93. The smallest absolute Gasteiger partial charge is 0.224 e. The summed E-state index contributed by atoms with van der Waals surface area (Å²) in [5, 5.41) is 1.94. The van der Waals surface area contributed by atoms with Crippen molar-refractivity contribution in [3.8, 4) is 0 Å². The maximum atomic E-state index is 12.5. The Morgan fingerprint density at radius 2 is 2.00 bits per heavy atom. The van der Waals surface area contributed by atoms with Gasteiger partial charge < -0.3 is 9.64 Å². The number of ether oxygens (including phenoxy) is 1. The molecule has 1 amide bonds. The average Bonchev–Trinajstić information content (AvgIpc) is 2.68. The second kappa shape index (κ2) is 9.90. The van der Waals surface area contributed by atoms with Crippen LogP contribution in [0.25, 0.3) is 0 Å². The van der Waals surface area contributed by atoms with Crippen LogP contribution in [0, 0.1) is 0 Å². The van der Waals surface area contributed by atoms with Gasteiger partial charge in [0.2, 0.25) is 5.91 Å². The fourth-order valence-electron chi connectivity index (χ4n) is 3.50. The third kappa shape index (κ3) is 6.10. The number of rotatable bonds is 7. The number of carbonyl (C=O) groups is 1. The van der Waals surface area contributed by atoms with Crippen LogP contribution in [0.15, 0.2) is 30.3 Å². The molecule has 2 aliphatic rings. The van der Waals surface area contributed by atoms with Crippen molar-refractivity contribution in [3.05, 3.63) is 35.9 Å². The van der Waals surface area contributed by atoms with Crippen LogP contribution in [0.4, 0.5) is 0 Å². The summed E-state index contributed by atoms with van der Waals surface area (Å²) in [4.78, 5) is 20.0. The molecular formula is C20H30N2O3. The Labute approximate surface area is 150 Å². The topological polar surface area (TPSA) is 42.0 Å². The molecule has 0 unspecified atom stereocenters. The van der Waals surface area contributed by atoms with Crippen molar-refractivity contribution >= 4 is 5.91 Å². The Hall–Kier alpha value is -1.43. The van der Waals surface area contributed by atoms with Gasteiger partial charge in [0.25, 0.3) is 0 Å². The molecule has 0 saturated carbocycles. The van der Waals surface area contributed by atoms with Gasteiger partial charge in [-0.15, -0.1) is 0 Å². The fraction of sp³-hybridized carbons (Fsp3) is 0.650. The molecular weight excluding hydrogens is 316 g/mol. The van der Waals surface area contributed by atoms with E-state index in [2.05, 4.69) is 24.3 Å². The maximum Gasteiger partial charge on any atom is 0.224 e. The lowest BCUT2D eigenvalue weighted by Crippen LogP contribution is -2.46. The normalized spacial score (nSPS) is 22.1. The van der Waals surface area contributed by atoms with Crippen LogP contribution in [0.2, 0.25) is 0 Å². The monoisotopic (exact) mass is 346 g/mol. The number of nitrogens with zero attached hydrogens (tertiary/aromatic N) is 2. The van der Waals surface area contributed by atoms with E-state index < -0.39 is 0 Å². The van der Waals surface area contributed by atoms with Gasteiger partial charge in [0, 0.05) is 32.6 Å². The molecule has 2 heterocycles. The number of morpholine rings is 1. The van der Waals surface area contributed by atoms with Crippen molar-refractivity contribution in [1.29, 1.82) is 0 Å². The van der Waals surface area contributed by atoms with Crippen LogP contribution < -0.4 is 0 Å². The van der Waals surface area contributed by atoms with Crippen LogP contribution in [0.3, 0.4) is 0 Å². The first-order valence-electron chi connectivity index (χ1n) is 9.62. The molecule has 0 bridgehead atoms. The lowest BCUT2D eigenvalue weighted by atomic mass is 10.0. The van der Waals surface area contributed by atoms with E-state index in [1.807, 2.05) is 16.0 Å². The van der Waals surface area contributed by atoms with Crippen LogP contribution in [-0.4, -0.2) is 61.4 Å². The molecule has 2 fully saturated rings. The Kier molecular flexibility index (Phi) is 7.27. The molecule has 0 aliphatic carbocycles. The van der Waals surface area contributed by atoms with E-state index in [1.54, 1.807) is 0 Å². The summed E-state index contributed by atoms with van der Waals surface area (Å²) in [6.07, 6.45) is 6.17. The molecule has 1 aromatic carbocycles. The highest BCUT2D eigenvalue weighted by atomic mass is 16.7. The van der Waals surface area contributed by atoms with Crippen molar-refractivity contribution in [2.75, 3.05) is 39.4 Å². The number of hydrogen-bond acceptors (Lipinski definition) is 4. The summed E-state index contributed by atoms with van der Waals surface area (Å²) in [7, 11) is 0. The van der Waals surface area contributed by atoms with Crippen molar-refractivity contribution in [1.82, 2.24) is 9.96 Å². The van der Waals surface area contributed by atoms with Gasteiger partial charge in [-0.3, -0.25) is 9.63 Å². The van der Waals surface area contributed by atoms with Crippen molar-refractivity contribution < 1.29 is 14.4 Å². The van der Waals surface area contributed by atoms with Crippen LogP contribution in [-0.2, 0) is 20.8 Å². The van der Waals surface area contributed by atoms with Crippen LogP contribution in [0.5, 0.6) is 0 Å². The first-order valence-corrected chi connectivity index (χ1v) is 9.62. The second-order valence-electron chi connectivity index (χ2n) is 6.93. The van der Waals surface area contributed by atoms with E-state index in [0.29, 0.717) is 19.6 Å². The van der Waals surface area contributed by atoms with Gasteiger partial charge in [0.15, 0.2) is 0 Å². The quantitative estimate of drug-likeness (QED) is 0.761. The highest BCUT2D eigenvalue weighted by Gasteiger charge is 2.24. The summed E-state index contributed by atoms with van der Waals surface area (Å²) in [6, 6.07) is 10.5. The molecule has 3 rings (SSSR count). The maximum absolute atomic E-state index is 12.5. The van der Waals surface area contributed by atoms with E-state index in [4.69, 9.17) is 9.57 Å². The fourth-order valence-corrected chi connectivity index (χ4v) is 3.50. The Morgan fingerprint density at radius 3 is 2.80 bits per heavy atom. The molecule has 0 spiro atoms. The van der Waals surface area contributed by atoms with Gasteiger partial charge in [-0.05, 0) is 37.7 Å². The predicted molar refractivity (Wildman–Crippen MR) is 97.1 cm³/mol. The van der Waals surface area contributed by atoms with Crippen molar-refractivity contribution in [2.45, 2.75) is 44.6 Å². The van der Waals surface area contributed by atoms with Gasteiger partial charge in [-0.2, -0.15) is 5.06 Å². The molecule has 0 aromatic heterocycles.